The van der Waals surface area contributed by atoms with Crippen molar-refractivity contribution in [2.45, 2.75) is 13.5 Å². The third-order valence-corrected chi connectivity index (χ3v) is 4.35. The fourth-order valence-electron chi connectivity index (χ4n) is 2.65. The molecule has 1 heterocycles. The fourth-order valence-corrected chi connectivity index (χ4v) is 2.98. The molecule has 1 aromatic heterocycles. The molecule has 0 aliphatic rings. The molecule has 28 heavy (non-hydrogen) atoms. The summed E-state index contributed by atoms with van der Waals surface area (Å²) < 4.78 is 6.79. The molecule has 0 aliphatic carbocycles. The molecule has 0 atom stereocenters. The first-order valence-electron chi connectivity index (χ1n) is 8.53. The highest BCUT2D eigenvalue weighted by Gasteiger charge is 2.20. The van der Waals surface area contributed by atoms with Crippen LogP contribution in [0.5, 0.6) is 5.75 Å². The van der Waals surface area contributed by atoms with E-state index in [1.165, 1.54) is 0 Å². The maximum atomic E-state index is 12.7. The van der Waals surface area contributed by atoms with Crippen LogP contribution in [0, 0.1) is 6.92 Å². The standard InChI is InChI=1S/C20H19ClN4O3/c1-13-18(19(21)25(24-13)11-14-5-3-2-4-6-14)20(27)23-15-7-9-16(10-8-15)28-12-17(22)26/h2-10H,11-12H2,1H3,(H2,22,26)(H,23,27). The summed E-state index contributed by atoms with van der Waals surface area (Å²) in [5, 5.41) is 7.45. The Morgan fingerprint density at radius 3 is 2.46 bits per heavy atom. The van der Waals surface area contributed by atoms with Crippen molar-refractivity contribution >= 4 is 29.1 Å². The van der Waals surface area contributed by atoms with Crippen LogP contribution in [0.2, 0.25) is 5.15 Å². The van der Waals surface area contributed by atoms with E-state index in [-0.39, 0.29) is 17.7 Å². The number of rotatable bonds is 7. The van der Waals surface area contributed by atoms with Crippen molar-refractivity contribution in [2.24, 2.45) is 5.73 Å². The molecule has 3 aromatic rings. The highest BCUT2D eigenvalue weighted by atomic mass is 35.5. The summed E-state index contributed by atoms with van der Waals surface area (Å²) in [7, 11) is 0. The minimum Gasteiger partial charge on any atom is -0.484 e. The summed E-state index contributed by atoms with van der Waals surface area (Å²) in [5.41, 5.74) is 7.50. The van der Waals surface area contributed by atoms with Gasteiger partial charge >= 0.3 is 0 Å². The fraction of sp³-hybridized carbons (Fsp3) is 0.150. The number of hydrogen-bond acceptors (Lipinski definition) is 4. The van der Waals surface area contributed by atoms with Gasteiger partial charge in [0.25, 0.3) is 11.8 Å². The summed E-state index contributed by atoms with van der Waals surface area (Å²) in [6.07, 6.45) is 0. The second-order valence-corrected chi connectivity index (χ2v) is 6.49. The first kappa shape index (κ1) is 19.4. The zero-order chi connectivity index (χ0) is 20.1. The average molecular weight is 399 g/mol. The van der Waals surface area contributed by atoms with Crippen molar-refractivity contribution in [2.75, 3.05) is 11.9 Å². The number of anilines is 1. The minimum atomic E-state index is -0.560. The Morgan fingerprint density at radius 1 is 1.14 bits per heavy atom. The van der Waals surface area contributed by atoms with Crippen LogP contribution in [-0.2, 0) is 11.3 Å². The van der Waals surface area contributed by atoms with Crippen LogP contribution in [0.15, 0.2) is 54.6 Å². The molecule has 2 amide bonds. The number of ether oxygens (including phenoxy) is 1. The molecule has 0 fully saturated rings. The molecule has 0 spiro atoms. The highest BCUT2D eigenvalue weighted by molar-refractivity contribution is 6.33. The van der Waals surface area contributed by atoms with Crippen LogP contribution in [-0.4, -0.2) is 28.2 Å². The van der Waals surface area contributed by atoms with Gasteiger partial charge in [0, 0.05) is 5.69 Å². The number of primary amides is 1. The molecule has 8 heteroatoms. The molecule has 144 valence electrons. The Morgan fingerprint density at radius 2 is 1.82 bits per heavy atom. The van der Waals surface area contributed by atoms with Gasteiger partial charge in [0.05, 0.1) is 17.8 Å². The molecule has 0 radical (unpaired) electrons. The van der Waals surface area contributed by atoms with Gasteiger partial charge in [-0.15, -0.1) is 0 Å². The molecule has 2 aromatic carbocycles. The van der Waals surface area contributed by atoms with Crippen LogP contribution in [0.25, 0.3) is 0 Å². The predicted octanol–water partition coefficient (Wildman–Crippen LogP) is 3.01. The number of halogens is 1. The first-order valence-corrected chi connectivity index (χ1v) is 8.91. The van der Waals surface area contributed by atoms with E-state index >= 15 is 0 Å². The van der Waals surface area contributed by atoms with E-state index in [2.05, 4.69) is 10.4 Å². The number of aromatic nitrogens is 2. The van der Waals surface area contributed by atoms with E-state index in [1.807, 2.05) is 30.3 Å². The van der Waals surface area contributed by atoms with Crippen molar-refractivity contribution in [3.05, 3.63) is 76.6 Å². The Hall–Kier alpha value is -3.32. The second-order valence-electron chi connectivity index (χ2n) is 6.13. The van der Waals surface area contributed by atoms with Crippen molar-refractivity contribution in [1.29, 1.82) is 0 Å². The molecule has 0 unspecified atom stereocenters. The van der Waals surface area contributed by atoms with Crippen LogP contribution >= 0.6 is 11.6 Å². The maximum Gasteiger partial charge on any atom is 0.260 e. The van der Waals surface area contributed by atoms with Crippen LogP contribution in [0.4, 0.5) is 5.69 Å². The summed E-state index contributed by atoms with van der Waals surface area (Å²) in [6, 6.07) is 16.3. The van der Waals surface area contributed by atoms with E-state index in [4.69, 9.17) is 22.1 Å². The van der Waals surface area contributed by atoms with Gasteiger partial charge < -0.3 is 15.8 Å². The van der Waals surface area contributed by atoms with Crippen molar-refractivity contribution in [3.63, 3.8) is 0 Å². The first-order chi connectivity index (χ1) is 13.4. The van der Waals surface area contributed by atoms with E-state index in [9.17, 15) is 9.59 Å². The molecule has 0 saturated carbocycles. The van der Waals surface area contributed by atoms with Gasteiger partial charge in [0.15, 0.2) is 6.61 Å². The Labute approximate surface area is 167 Å². The molecular weight excluding hydrogens is 380 g/mol. The predicted molar refractivity (Wildman–Crippen MR) is 107 cm³/mol. The molecular formula is C20H19ClN4O3. The summed E-state index contributed by atoms with van der Waals surface area (Å²) in [5.74, 6) is -0.440. The smallest absolute Gasteiger partial charge is 0.260 e. The zero-order valence-electron chi connectivity index (χ0n) is 15.2. The monoisotopic (exact) mass is 398 g/mol. The van der Waals surface area contributed by atoms with Gasteiger partial charge in [-0.1, -0.05) is 41.9 Å². The largest absolute Gasteiger partial charge is 0.484 e. The van der Waals surface area contributed by atoms with Crippen LogP contribution in [0.3, 0.4) is 0 Å². The van der Waals surface area contributed by atoms with Crippen molar-refractivity contribution in [3.8, 4) is 5.75 Å². The highest BCUT2D eigenvalue weighted by Crippen LogP contribution is 2.23. The quantitative estimate of drug-likeness (QED) is 0.639. The number of carbonyl (C=O) groups excluding carboxylic acids is 2. The lowest BCUT2D eigenvalue weighted by atomic mass is 10.2. The maximum absolute atomic E-state index is 12.7. The van der Waals surface area contributed by atoms with Crippen molar-refractivity contribution in [1.82, 2.24) is 9.78 Å². The minimum absolute atomic E-state index is 0.207. The molecule has 3 N–H and O–H groups in total. The zero-order valence-corrected chi connectivity index (χ0v) is 15.9. The topological polar surface area (TPSA) is 99.2 Å². The normalized spacial score (nSPS) is 10.5. The average Bonchev–Trinajstić information content (AvgIpc) is 2.95. The van der Waals surface area contributed by atoms with Gasteiger partial charge in [-0.2, -0.15) is 5.10 Å². The summed E-state index contributed by atoms with van der Waals surface area (Å²) in [6.45, 7) is 2.00. The lowest BCUT2D eigenvalue weighted by molar-refractivity contribution is -0.119. The molecule has 0 saturated heterocycles. The third kappa shape index (κ3) is 4.69. The Bertz CT molecular complexity index is 985. The lowest BCUT2D eigenvalue weighted by Crippen LogP contribution is -2.20. The SMILES string of the molecule is Cc1nn(Cc2ccccc2)c(Cl)c1C(=O)Nc1ccc(OCC(N)=O)cc1. The van der Waals surface area contributed by atoms with Gasteiger partial charge in [0.1, 0.15) is 10.9 Å². The van der Waals surface area contributed by atoms with Crippen LogP contribution < -0.4 is 15.8 Å². The Kier molecular flexibility index (Phi) is 5.96. The van der Waals surface area contributed by atoms with Gasteiger partial charge in [0.2, 0.25) is 0 Å². The molecule has 7 nitrogen and oxygen atoms in total. The van der Waals surface area contributed by atoms with Gasteiger partial charge in [-0.3, -0.25) is 9.59 Å². The van der Waals surface area contributed by atoms with Gasteiger partial charge in [-0.25, -0.2) is 4.68 Å². The number of aryl methyl sites for hydroxylation is 1. The van der Waals surface area contributed by atoms with E-state index in [0.717, 1.165) is 5.56 Å². The summed E-state index contributed by atoms with van der Waals surface area (Å²) >= 11 is 6.41. The number of nitrogens with one attached hydrogen (secondary N) is 1. The van der Waals surface area contributed by atoms with Gasteiger partial charge in [-0.05, 0) is 36.8 Å². The number of nitrogens with zero attached hydrogens (tertiary/aromatic N) is 2. The molecule has 0 bridgehead atoms. The number of amides is 2. The number of carbonyl (C=O) groups is 2. The van der Waals surface area contributed by atoms with E-state index in [1.54, 1.807) is 35.9 Å². The summed E-state index contributed by atoms with van der Waals surface area (Å²) in [4.78, 5) is 23.4. The second kappa shape index (κ2) is 8.58. The van der Waals surface area contributed by atoms with Crippen LogP contribution in [0.1, 0.15) is 21.6 Å². The number of benzene rings is 2. The number of hydrogen-bond donors (Lipinski definition) is 2. The molecule has 3 rings (SSSR count). The number of nitrogens with two attached hydrogens (primary N) is 1. The van der Waals surface area contributed by atoms with E-state index in [0.29, 0.717) is 29.2 Å². The van der Waals surface area contributed by atoms with E-state index < -0.39 is 5.91 Å². The molecule has 0 aliphatic heterocycles. The lowest BCUT2D eigenvalue weighted by Gasteiger charge is -2.08. The van der Waals surface area contributed by atoms with Crippen molar-refractivity contribution < 1.29 is 14.3 Å². The Balaban J connectivity index is 1.71. The third-order valence-electron chi connectivity index (χ3n) is 3.96.